The van der Waals surface area contributed by atoms with Crippen molar-refractivity contribution >= 4 is 21.6 Å². The fourth-order valence-electron chi connectivity index (χ4n) is 2.18. The number of nitrogens with one attached hydrogen (secondary N) is 2. The van der Waals surface area contributed by atoms with Gasteiger partial charge in [-0.25, -0.2) is 5.14 Å². The standard InChI is InChI=1S/C15H19N3O2S/c1-11-5-3-6-12(2)15(11)10-17-13-7-4-8-14(9-13)18-21(16,19)20/h3-9,17-18H,10H2,1-2H3,(H2,16,19,20). The van der Waals surface area contributed by atoms with Gasteiger partial charge < -0.3 is 5.32 Å². The number of hydrogen-bond acceptors (Lipinski definition) is 3. The molecule has 0 radical (unpaired) electrons. The van der Waals surface area contributed by atoms with E-state index in [-0.39, 0.29) is 0 Å². The van der Waals surface area contributed by atoms with Crippen LogP contribution in [0.3, 0.4) is 0 Å². The molecule has 2 rings (SSSR count). The first kappa shape index (κ1) is 15.3. The normalized spacial score (nSPS) is 11.2. The molecule has 6 heteroatoms. The highest BCUT2D eigenvalue weighted by Gasteiger charge is 2.04. The molecule has 0 heterocycles. The van der Waals surface area contributed by atoms with Crippen LogP contribution in [0.15, 0.2) is 42.5 Å². The maximum atomic E-state index is 11.0. The van der Waals surface area contributed by atoms with E-state index < -0.39 is 10.2 Å². The van der Waals surface area contributed by atoms with Gasteiger partial charge in [0.25, 0.3) is 10.2 Å². The van der Waals surface area contributed by atoms with E-state index in [1.807, 2.05) is 12.1 Å². The van der Waals surface area contributed by atoms with Crippen LogP contribution in [0.2, 0.25) is 0 Å². The lowest BCUT2D eigenvalue weighted by atomic mass is 10.0. The predicted molar refractivity (Wildman–Crippen MR) is 86.4 cm³/mol. The van der Waals surface area contributed by atoms with Crippen molar-refractivity contribution in [1.29, 1.82) is 0 Å². The molecule has 0 aliphatic carbocycles. The van der Waals surface area contributed by atoms with E-state index in [0.717, 1.165) is 5.69 Å². The number of benzene rings is 2. The average molecular weight is 305 g/mol. The summed E-state index contributed by atoms with van der Waals surface area (Å²) in [7, 11) is -3.75. The smallest absolute Gasteiger partial charge is 0.296 e. The molecule has 2 aromatic rings. The highest BCUT2D eigenvalue weighted by atomic mass is 32.2. The molecule has 0 fully saturated rings. The summed E-state index contributed by atoms with van der Waals surface area (Å²) in [6.45, 7) is 4.82. The molecule has 0 aromatic heterocycles. The Morgan fingerprint density at radius 3 is 2.19 bits per heavy atom. The van der Waals surface area contributed by atoms with Crippen LogP contribution in [0.25, 0.3) is 0 Å². The van der Waals surface area contributed by atoms with Crippen LogP contribution in [0.5, 0.6) is 0 Å². The van der Waals surface area contributed by atoms with Crippen LogP contribution in [-0.2, 0) is 16.8 Å². The zero-order chi connectivity index (χ0) is 15.5. The maximum absolute atomic E-state index is 11.0. The van der Waals surface area contributed by atoms with Crippen molar-refractivity contribution in [3.05, 3.63) is 59.2 Å². The quantitative estimate of drug-likeness (QED) is 0.793. The Bertz CT molecular complexity index is 722. The molecule has 0 amide bonds. The van der Waals surface area contributed by atoms with Gasteiger partial charge in [0.05, 0.1) is 5.69 Å². The van der Waals surface area contributed by atoms with E-state index in [1.165, 1.54) is 16.7 Å². The summed E-state index contributed by atoms with van der Waals surface area (Å²) < 4.78 is 24.3. The van der Waals surface area contributed by atoms with Gasteiger partial charge >= 0.3 is 0 Å². The molecule has 5 nitrogen and oxygen atoms in total. The summed E-state index contributed by atoms with van der Waals surface area (Å²) in [4.78, 5) is 0. The van der Waals surface area contributed by atoms with Crippen molar-refractivity contribution in [3.63, 3.8) is 0 Å². The Hall–Kier alpha value is -2.05. The summed E-state index contributed by atoms with van der Waals surface area (Å²) in [5.74, 6) is 0. The highest BCUT2D eigenvalue weighted by Crippen LogP contribution is 2.19. The van der Waals surface area contributed by atoms with Gasteiger partial charge in [-0.15, -0.1) is 0 Å². The third kappa shape index (κ3) is 4.47. The minimum Gasteiger partial charge on any atom is -0.381 e. The number of anilines is 2. The Labute approximate surface area is 125 Å². The van der Waals surface area contributed by atoms with Crippen molar-refractivity contribution in [2.24, 2.45) is 5.14 Å². The first-order valence-corrected chi connectivity index (χ1v) is 8.09. The van der Waals surface area contributed by atoms with Gasteiger partial charge in [0.1, 0.15) is 0 Å². The zero-order valence-electron chi connectivity index (χ0n) is 12.1. The lowest BCUT2D eigenvalue weighted by Gasteiger charge is -2.13. The van der Waals surface area contributed by atoms with Crippen molar-refractivity contribution in [2.75, 3.05) is 10.0 Å². The second kappa shape index (κ2) is 6.15. The van der Waals surface area contributed by atoms with E-state index in [9.17, 15) is 8.42 Å². The van der Waals surface area contributed by atoms with Crippen LogP contribution >= 0.6 is 0 Å². The fraction of sp³-hybridized carbons (Fsp3) is 0.200. The molecule has 4 N–H and O–H groups in total. The Morgan fingerprint density at radius 1 is 1.00 bits per heavy atom. The monoisotopic (exact) mass is 305 g/mol. The molecule has 0 spiro atoms. The largest absolute Gasteiger partial charge is 0.381 e. The van der Waals surface area contributed by atoms with Crippen LogP contribution in [0.1, 0.15) is 16.7 Å². The van der Waals surface area contributed by atoms with Crippen LogP contribution < -0.4 is 15.2 Å². The zero-order valence-corrected chi connectivity index (χ0v) is 12.9. The molecular formula is C15H19N3O2S. The first-order chi connectivity index (χ1) is 9.85. The number of hydrogen-bond donors (Lipinski definition) is 3. The van der Waals surface area contributed by atoms with Crippen molar-refractivity contribution in [3.8, 4) is 0 Å². The lowest BCUT2D eigenvalue weighted by Crippen LogP contribution is -2.21. The Kier molecular flexibility index (Phi) is 4.50. The third-order valence-corrected chi connectivity index (χ3v) is 3.76. The summed E-state index contributed by atoms with van der Waals surface area (Å²) in [5.41, 5.74) is 4.94. The molecule has 0 saturated carbocycles. The molecule has 0 bridgehead atoms. The molecule has 2 aromatic carbocycles. The van der Waals surface area contributed by atoms with Crippen LogP contribution in [-0.4, -0.2) is 8.42 Å². The molecule has 0 aliphatic heterocycles. The molecule has 0 aliphatic rings. The molecular weight excluding hydrogens is 286 g/mol. The number of rotatable bonds is 5. The summed E-state index contributed by atoms with van der Waals surface area (Å²) in [6, 6.07) is 13.2. The van der Waals surface area contributed by atoms with Crippen molar-refractivity contribution < 1.29 is 8.42 Å². The predicted octanol–water partition coefficient (Wildman–Crippen LogP) is 2.53. The highest BCUT2D eigenvalue weighted by molar-refractivity contribution is 7.90. The van der Waals surface area contributed by atoms with Crippen molar-refractivity contribution in [2.45, 2.75) is 20.4 Å². The van der Waals surface area contributed by atoms with E-state index in [2.05, 4.69) is 36.0 Å². The number of aryl methyl sites for hydroxylation is 2. The van der Waals surface area contributed by atoms with E-state index >= 15 is 0 Å². The minimum atomic E-state index is -3.75. The Balaban J connectivity index is 2.12. The van der Waals surface area contributed by atoms with E-state index in [4.69, 9.17) is 5.14 Å². The van der Waals surface area contributed by atoms with E-state index in [0.29, 0.717) is 12.2 Å². The third-order valence-electron chi connectivity index (χ3n) is 3.24. The molecule has 112 valence electrons. The second-order valence-electron chi connectivity index (χ2n) is 4.95. The fourth-order valence-corrected chi connectivity index (χ4v) is 2.63. The average Bonchev–Trinajstić information content (AvgIpc) is 2.36. The molecule has 0 unspecified atom stereocenters. The molecule has 0 saturated heterocycles. The minimum absolute atomic E-state index is 0.434. The maximum Gasteiger partial charge on any atom is 0.296 e. The van der Waals surface area contributed by atoms with Crippen LogP contribution in [0, 0.1) is 13.8 Å². The van der Waals surface area contributed by atoms with Crippen LogP contribution in [0.4, 0.5) is 11.4 Å². The Morgan fingerprint density at radius 2 is 1.57 bits per heavy atom. The molecule has 0 atom stereocenters. The topological polar surface area (TPSA) is 84.2 Å². The second-order valence-corrected chi connectivity index (χ2v) is 6.25. The lowest BCUT2D eigenvalue weighted by molar-refractivity contribution is 0.603. The van der Waals surface area contributed by atoms with E-state index in [1.54, 1.807) is 18.2 Å². The summed E-state index contributed by atoms with van der Waals surface area (Å²) >= 11 is 0. The SMILES string of the molecule is Cc1cccc(C)c1CNc1cccc(NS(N)(=O)=O)c1. The van der Waals surface area contributed by atoms with Gasteiger partial charge in [-0.05, 0) is 48.7 Å². The molecule has 21 heavy (non-hydrogen) atoms. The number of nitrogens with two attached hydrogens (primary N) is 1. The van der Waals surface area contributed by atoms with Gasteiger partial charge in [0.15, 0.2) is 0 Å². The van der Waals surface area contributed by atoms with Gasteiger partial charge in [0, 0.05) is 12.2 Å². The van der Waals surface area contributed by atoms with Gasteiger partial charge in [-0.1, -0.05) is 24.3 Å². The van der Waals surface area contributed by atoms with Crippen molar-refractivity contribution in [1.82, 2.24) is 0 Å². The summed E-state index contributed by atoms with van der Waals surface area (Å²) in [5, 5.41) is 8.26. The van der Waals surface area contributed by atoms with Gasteiger partial charge in [0.2, 0.25) is 0 Å². The summed E-state index contributed by atoms with van der Waals surface area (Å²) in [6.07, 6.45) is 0. The van der Waals surface area contributed by atoms with Gasteiger partial charge in [-0.2, -0.15) is 8.42 Å². The first-order valence-electron chi connectivity index (χ1n) is 6.55. The van der Waals surface area contributed by atoms with Gasteiger partial charge in [-0.3, -0.25) is 4.72 Å².